The Bertz CT molecular complexity index is 235. The fourth-order valence-corrected chi connectivity index (χ4v) is 3.13. The summed E-state index contributed by atoms with van der Waals surface area (Å²) in [7, 11) is 0. The monoisotopic (exact) mass is 374 g/mol. The van der Waals surface area contributed by atoms with Crippen LogP contribution in [0.2, 0.25) is 0 Å². The van der Waals surface area contributed by atoms with E-state index in [0.29, 0.717) is 12.8 Å². The molecule has 0 aromatic heterocycles. The van der Waals surface area contributed by atoms with Gasteiger partial charge in [-0.05, 0) is 12.8 Å². The zero-order valence-corrected chi connectivity index (χ0v) is 17.6. The van der Waals surface area contributed by atoms with Crippen molar-refractivity contribution in [3.05, 3.63) is 0 Å². The Morgan fingerprint density at radius 1 is 0.462 bits per heavy atom. The van der Waals surface area contributed by atoms with Crippen molar-refractivity contribution in [2.45, 2.75) is 142 Å². The van der Waals surface area contributed by atoms with Gasteiger partial charge in [-0.3, -0.25) is 0 Å². The molecule has 0 radical (unpaired) electrons. The van der Waals surface area contributed by atoms with Crippen LogP contribution in [0, 0.1) is 0 Å². The molecule has 0 saturated heterocycles. The summed E-state index contributed by atoms with van der Waals surface area (Å²) in [6, 6.07) is 0. The van der Waals surface area contributed by atoms with Gasteiger partial charge in [0.25, 0.3) is 0 Å². The van der Waals surface area contributed by atoms with Gasteiger partial charge in [-0.15, -0.1) is 0 Å². The average molecular weight is 375 g/mol. The molecule has 4 nitrogen and oxygen atoms in total. The molecule has 0 rings (SSSR count). The first-order valence-electron chi connectivity index (χ1n) is 11.4. The standard InChI is InChI=1S/C22H46O4/c1-3-5-7-9-11-13-15-17-19-21(23)25-26-22(24)20-18-16-14-12-10-8-6-4-2/h21-24H,3-20H2,1-2H3/t21-,22+. The Hall–Kier alpha value is -0.160. The van der Waals surface area contributed by atoms with Crippen LogP contribution in [0.5, 0.6) is 0 Å². The largest absolute Gasteiger partial charge is 0.366 e. The lowest BCUT2D eigenvalue weighted by atomic mass is 10.1. The maximum atomic E-state index is 9.72. The van der Waals surface area contributed by atoms with Gasteiger partial charge in [-0.1, -0.05) is 104 Å². The smallest absolute Gasteiger partial charge is 0.188 e. The van der Waals surface area contributed by atoms with Gasteiger partial charge in [0.05, 0.1) is 0 Å². The van der Waals surface area contributed by atoms with Crippen molar-refractivity contribution < 1.29 is 20.0 Å². The second-order valence-electron chi connectivity index (χ2n) is 7.63. The van der Waals surface area contributed by atoms with E-state index in [0.717, 1.165) is 25.7 Å². The van der Waals surface area contributed by atoms with Crippen molar-refractivity contribution in [2.24, 2.45) is 0 Å². The summed E-state index contributed by atoms with van der Waals surface area (Å²) >= 11 is 0. The Labute approximate surface area is 162 Å². The maximum absolute atomic E-state index is 9.72. The number of hydrogen-bond acceptors (Lipinski definition) is 4. The van der Waals surface area contributed by atoms with E-state index in [1.165, 1.54) is 77.0 Å². The SMILES string of the molecule is CCCCCCCCCC[C@@H](O)OO[C@@H](O)CCCCCCCCCC. The van der Waals surface area contributed by atoms with Crippen LogP contribution >= 0.6 is 0 Å². The predicted octanol–water partition coefficient (Wildman–Crippen LogP) is 6.63. The molecule has 0 aliphatic heterocycles. The predicted molar refractivity (Wildman–Crippen MR) is 109 cm³/mol. The molecule has 0 spiro atoms. The normalized spacial score (nSPS) is 13.8. The van der Waals surface area contributed by atoms with Crippen molar-refractivity contribution in [1.82, 2.24) is 0 Å². The number of rotatable bonds is 21. The van der Waals surface area contributed by atoms with E-state index in [4.69, 9.17) is 9.78 Å². The van der Waals surface area contributed by atoms with Crippen LogP contribution in [-0.2, 0) is 9.78 Å². The highest BCUT2D eigenvalue weighted by Crippen LogP contribution is 2.13. The minimum atomic E-state index is -0.927. The number of unbranched alkanes of at least 4 members (excludes halogenated alkanes) is 14. The third-order valence-electron chi connectivity index (χ3n) is 4.89. The van der Waals surface area contributed by atoms with E-state index in [1.54, 1.807) is 0 Å². The quantitative estimate of drug-likeness (QED) is 0.102. The van der Waals surface area contributed by atoms with E-state index in [9.17, 15) is 10.2 Å². The molecule has 2 atom stereocenters. The van der Waals surface area contributed by atoms with E-state index < -0.39 is 12.6 Å². The molecule has 0 heterocycles. The van der Waals surface area contributed by atoms with Crippen LogP contribution in [0.1, 0.15) is 129 Å². The van der Waals surface area contributed by atoms with Gasteiger partial charge in [0.1, 0.15) is 0 Å². The summed E-state index contributed by atoms with van der Waals surface area (Å²) in [5.74, 6) is 0. The Kier molecular flexibility index (Phi) is 21.0. The number of aliphatic hydroxyl groups is 2. The van der Waals surface area contributed by atoms with Crippen molar-refractivity contribution in [1.29, 1.82) is 0 Å². The third kappa shape index (κ3) is 20.2. The molecule has 0 aliphatic carbocycles. The number of hydrogen-bond donors (Lipinski definition) is 2. The number of aliphatic hydroxyl groups excluding tert-OH is 2. The van der Waals surface area contributed by atoms with Gasteiger partial charge in [-0.25, -0.2) is 9.78 Å². The molecule has 158 valence electrons. The van der Waals surface area contributed by atoms with E-state index in [2.05, 4.69) is 13.8 Å². The first-order valence-corrected chi connectivity index (χ1v) is 11.4. The molecular weight excluding hydrogens is 328 g/mol. The van der Waals surface area contributed by atoms with Crippen molar-refractivity contribution in [3.63, 3.8) is 0 Å². The van der Waals surface area contributed by atoms with Crippen LogP contribution < -0.4 is 0 Å². The van der Waals surface area contributed by atoms with Gasteiger partial charge >= 0.3 is 0 Å². The van der Waals surface area contributed by atoms with E-state index >= 15 is 0 Å². The highest BCUT2D eigenvalue weighted by atomic mass is 17.2. The molecule has 0 aliphatic rings. The Balaban J connectivity index is 3.30. The fourth-order valence-electron chi connectivity index (χ4n) is 3.13. The molecule has 0 unspecified atom stereocenters. The maximum Gasteiger partial charge on any atom is 0.188 e. The van der Waals surface area contributed by atoms with Crippen LogP contribution in [0.4, 0.5) is 0 Å². The van der Waals surface area contributed by atoms with Gasteiger partial charge in [0, 0.05) is 12.8 Å². The molecule has 0 fully saturated rings. The highest BCUT2D eigenvalue weighted by molar-refractivity contribution is 4.49. The average Bonchev–Trinajstić information content (AvgIpc) is 2.64. The molecule has 0 aromatic carbocycles. The Morgan fingerprint density at radius 2 is 0.731 bits per heavy atom. The van der Waals surface area contributed by atoms with Crippen molar-refractivity contribution >= 4 is 0 Å². The van der Waals surface area contributed by atoms with Crippen molar-refractivity contribution in [2.75, 3.05) is 0 Å². The topological polar surface area (TPSA) is 58.9 Å². The molecule has 0 saturated carbocycles. The van der Waals surface area contributed by atoms with Crippen LogP contribution in [0.15, 0.2) is 0 Å². The summed E-state index contributed by atoms with van der Waals surface area (Å²) in [5.41, 5.74) is 0. The molecule has 0 aromatic rings. The fraction of sp³-hybridized carbons (Fsp3) is 1.00. The summed E-state index contributed by atoms with van der Waals surface area (Å²) in [6.07, 6.45) is 19.0. The second-order valence-corrected chi connectivity index (χ2v) is 7.63. The van der Waals surface area contributed by atoms with Gasteiger partial charge in [0.15, 0.2) is 12.6 Å². The first-order chi connectivity index (χ1) is 12.7. The lowest BCUT2D eigenvalue weighted by molar-refractivity contribution is -0.424. The zero-order chi connectivity index (χ0) is 19.3. The van der Waals surface area contributed by atoms with E-state index in [1.807, 2.05) is 0 Å². The van der Waals surface area contributed by atoms with Crippen LogP contribution in [0.25, 0.3) is 0 Å². The highest BCUT2D eigenvalue weighted by Gasteiger charge is 2.10. The van der Waals surface area contributed by atoms with Gasteiger partial charge in [-0.2, -0.15) is 0 Å². The molecule has 2 N–H and O–H groups in total. The minimum Gasteiger partial charge on any atom is -0.366 e. The summed E-state index contributed by atoms with van der Waals surface area (Å²) in [5, 5.41) is 19.4. The van der Waals surface area contributed by atoms with Crippen LogP contribution in [0.3, 0.4) is 0 Å². The molecule has 4 heteroatoms. The lowest BCUT2D eigenvalue weighted by Crippen LogP contribution is -2.19. The molecule has 0 bridgehead atoms. The third-order valence-corrected chi connectivity index (χ3v) is 4.89. The second kappa shape index (κ2) is 21.1. The summed E-state index contributed by atoms with van der Waals surface area (Å²) < 4.78 is 0. The van der Waals surface area contributed by atoms with Crippen LogP contribution in [-0.4, -0.2) is 22.8 Å². The molecule has 0 amide bonds. The van der Waals surface area contributed by atoms with Crippen molar-refractivity contribution in [3.8, 4) is 0 Å². The summed E-state index contributed by atoms with van der Waals surface area (Å²) in [6.45, 7) is 4.46. The molecular formula is C22H46O4. The van der Waals surface area contributed by atoms with Gasteiger partial charge < -0.3 is 10.2 Å². The minimum absolute atomic E-state index is 0.569. The van der Waals surface area contributed by atoms with Gasteiger partial charge in [0.2, 0.25) is 0 Å². The Morgan fingerprint density at radius 3 is 1.04 bits per heavy atom. The first kappa shape index (κ1) is 25.8. The molecule has 26 heavy (non-hydrogen) atoms. The van der Waals surface area contributed by atoms with E-state index in [-0.39, 0.29) is 0 Å². The zero-order valence-electron chi connectivity index (χ0n) is 17.6. The lowest BCUT2D eigenvalue weighted by Gasteiger charge is -2.14. The summed E-state index contributed by atoms with van der Waals surface area (Å²) in [4.78, 5) is 9.78.